The standard InChI is InChI=1S/C24H19F3N4O2/c1-13-3-4-15(10-17(13)14-5-7-19-18(9-14)22(28)30-12-29-19)23(32)31-20-11-16(24(25,26)27)6-8-21(20)33-2/h3-12H,1-2H3,(H,31,32)(H2,28,29,30). The molecular weight excluding hydrogens is 433 g/mol. The third-order valence-corrected chi connectivity index (χ3v) is 5.25. The third kappa shape index (κ3) is 4.43. The van der Waals surface area contributed by atoms with Gasteiger partial charge in [0.2, 0.25) is 0 Å². The molecule has 9 heteroatoms. The number of hydrogen-bond donors (Lipinski definition) is 2. The molecule has 0 radical (unpaired) electrons. The van der Waals surface area contributed by atoms with E-state index < -0.39 is 17.6 Å². The van der Waals surface area contributed by atoms with Crippen molar-refractivity contribution in [3.8, 4) is 16.9 Å². The van der Waals surface area contributed by atoms with Crippen LogP contribution in [0.2, 0.25) is 0 Å². The monoisotopic (exact) mass is 452 g/mol. The van der Waals surface area contributed by atoms with Gasteiger partial charge in [-0.15, -0.1) is 0 Å². The molecule has 0 aliphatic heterocycles. The van der Waals surface area contributed by atoms with Gasteiger partial charge in [0, 0.05) is 10.9 Å². The molecule has 0 fully saturated rings. The first kappa shape index (κ1) is 22.1. The quantitative estimate of drug-likeness (QED) is 0.429. The second-order valence-corrected chi connectivity index (χ2v) is 7.39. The van der Waals surface area contributed by atoms with Gasteiger partial charge in [0.1, 0.15) is 17.9 Å². The fourth-order valence-electron chi connectivity index (χ4n) is 3.49. The maximum atomic E-state index is 13.1. The van der Waals surface area contributed by atoms with E-state index in [1.807, 2.05) is 25.1 Å². The van der Waals surface area contributed by atoms with Crippen LogP contribution in [0.15, 0.2) is 60.9 Å². The van der Waals surface area contributed by atoms with Gasteiger partial charge in [-0.2, -0.15) is 13.2 Å². The van der Waals surface area contributed by atoms with Crippen LogP contribution in [0.3, 0.4) is 0 Å². The number of halogens is 3. The number of benzene rings is 3. The van der Waals surface area contributed by atoms with Crippen LogP contribution >= 0.6 is 0 Å². The number of hydrogen-bond acceptors (Lipinski definition) is 5. The van der Waals surface area contributed by atoms with E-state index >= 15 is 0 Å². The normalized spacial score (nSPS) is 11.4. The maximum absolute atomic E-state index is 13.1. The van der Waals surface area contributed by atoms with E-state index in [0.717, 1.165) is 28.8 Å². The summed E-state index contributed by atoms with van der Waals surface area (Å²) in [6.45, 7) is 1.89. The minimum Gasteiger partial charge on any atom is -0.495 e. The molecule has 0 atom stereocenters. The summed E-state index contributed by atoms with van der Waals surface area (Å²) in [4.78, 5) is 21.1. The number of methoxy groups -OCH3 is 1. The molecule has 168 valence electrons. The fraction of sp³-hybridized carbons (Fsp3) is 0.125. The van der Waals surface area contributed by atoms with Crippen molar-refractivity contribution in [2.24, 2.45) is 0 Å². The Kier molecular flexibility index (Phi) is 5.63. The predicted octanol–water partition coefficient (Wildman–Crippen LogP) is 5.47. The molecule has 1 heterocycles. The van der Waals surface area contributed by atoms with Crippen molar-refractivity contribution >= 4 is 28.3 Å². The molecule has 0 aliphatic rings. The van der Waals surface area contributed by atoms with Gasteiger partial charge in [0.05, 0.1) is 23.9 Å². The topological polar surface area (TPSA) is 90.1 Å². The van der Waals surface area contributed by atoms with Crippen LogP contribution in [-0.4, -0.2) is 23.0 Å². The zero-order chi connectivity index (χ0) is 23.8. The Hall–Kier alpha value is -4.14. The SMILES string of the molecule is COc1ccc(C(F)(F)F)cc1NC(=O)c1ccc(C)c(-c2ccc3ncnc(N)c3c2)c1. The summed E-state index contributed by atoms with van der Waals surface area (Å²) >= 11 is 0. The van der Waals surface area contributed by atoms with Crippen molar-refractivity contribution in [2.45, 2.75) is 13.1 Å². The molecule has 0 aliphatic carbocycles. The lowest BCUT2D eigenvalue weighted by molar-refractivity contribution is -0.137. The predicted molar refractivity (Wildman–Crippen MR) is 120 cm³/mol. The van der Waals surface area contributed by atoms with E-state index in [1.54, 1.807) is 18.2 Å². The van der Waals surface area contributed by atoms with Gasteiger partial charge in [0.25, 0.3) is 5.91 Å². The number of aryl methyl sites for hydroxylation is 1. The number of ether oxygens (including phenoxy) is 1. The molecule has 4 rings (SSSR count). The summed E-state index contributed by atoms with van der Waals surface area (Å²) in [5.74, 6) is -0.115. The van der Waals surface area contributed by atoms with E-state index in [2.05, 4.69) is 15.3 Å². The van der Waals surface area contributed by atoms with Crippen LogP contribution < -0.4 is 15.8 Å². The van der Waals surface area contributed by atoms with Gasteiger partial charge in [-0.3, -0.25) is 4.79 Å². The number of anilines is 2. The lowest BCUT2D eigenvalue weighted by Gasteiger charge is -2.15. The molecule has 0 saturated carbocycles. The number of alkyl halides is 3. The Morgan fingerprint density at radius 2 is 1.82 bits per heavy atom. The Labute approximate surface area is 187 Å². The van der Waals surface area contributed by atoms with Crippen molar-refractivity contribution in [2.75, 3.05) is 18.2 Å². The highest BCUT2D eigenvalue weighted by molar-refractivity contribution is 6.06. The molecule has 0 saturated heterocycles. The number of nitrogens with one attached hydrogen (secondary N) is 1. The minimum absolute atomic E-state index is 0.0740. The number of carbonyl (C=O) groups excluding carboxylic acids is 1. The van der Waals surface area contributed by atoms with Crippen molar-refractivity contribution in [1.29, 1.82) is 0 Å². The highest BCUT2D eigenvalue weighted by Crippen LogP contribution is 2.35. The Balaban J connectivity index is 1.70. The van der Waals surface area contributed by atoms with Gasteiger partial charge in [0.15, 0.2) is 0 Å². The third-order valence-electron chi connectivity index (χ3n) is 5.25. The second kappa shape index (κ2) is 8.42. The molecule has 0 spiro atoms. The lowest BCUT2D eigenvalue weighted by atomic mass is 9.96. The minimum atomic E-state index is -4.55. The molecule has 1 amide bonds. The summed E-state index contributed by atoms with van der Waals surface area (Å²) in [6, 6.07) is 13.5. The zero-order valence-corrected chi connectivity index (χ0v) is 17.7. The van der Waals surface area contributed by atoms with Crippen LogP contribution in [0, 0.1) is 6.92 Å². The maximum Gasteiger partial charge on any atom is 0.416 e. The van der Waals surface area contributed by atoms with Gasteiger partial charge < -0.3 is 15.8 Å². The fourth-order valence-corrected chi connectivity index (χ4v) is 3.49. The summed E-state index contributed by atoms with van der Waals surface area (Å²) in [5, 5.41) is 3.20. The molecule has 33 heavy (non-hydrogen) atoms. The summed E-state index contributed by atoms with van der Waals surface area (Å²) in [5.41, 5.74) is 8.43. The zero-order valence-electron chi connectivity index (χ0n) is 17.7. The largest absolute Gasteiger partial charge is 0.495 e. The van der Waals surface area contributed by atoms with Crippen LogP contribution in [-0.2, 0) is 6.18 Å². The number of nitrogens with two attached hydrogens (primary N) is 1. The van der Waals surface area contributed by atoms with E-state index in [1.165, 1.54) is 19.5 Å². The first-order chi connectivity index (χ1) is 15.7. The average Bonchev–Trinajstić information content (AvgIpc) is 2.79. The van der Waals surface area contributed by atoms with Crippen molar-refractivity contribution in [1.82, 2.24) is 9.97 Å². The molecule has 1 aromatic heterocycles. The van der Waals surface area contributed by atoms with Gasteiger partial charge in [-0.25, -0.2) is 9.97 Å². The Morgan fingerprint density at radius 1 is 1.03 bits per heavy atom. The highest BCUT2D eigenvalue weighted by Gasteiger charge is 2.31. The van der Waals surface area contributed by atoms with E-state index in [-0.39, 0.29) is 17.0 Å². The van der Waals surface area contributed by atoms with Crippen LogP contribution in [0.1, 0.15) is 21.5 Å². The number of rotatable bonds is 4. The number of nitrogens with zero attached hydrogens (tertiary/aromatic N) is 2. The molecule has 3 N–H and O–H groups in total. The summed E-state index contributed by atoms with van der Waals surface area (Å²) in [6.07, 6.45) is -3.17. The first-order valence-electron chi connectivity index (χ1n) is 9.85. The van der Waals surface area contributed by atoms with Crippen molar-refractivity contribution in [3.63, 3.8) is 0 Å². The van der Waals surface area contributed by atoms with Crippen molar-refractivity contribution < 1.29 is 22.7 Å². The number of carbonyl (C=O) groups is 1. The van der Waals surface area contributed by atoms with Gasteiger partial charge in [-0.05, 0) is 66.1 Å². The smallest absolute Gasteiger partial charge is 0.416 e. The molecule has 4 aromatic rings. The number of fused-ring (bicyclic) bond motifs is 1. The molecule has 0 bridgehead atoms. The van der Waals surface area contributed by atoms with E-state index in [9.17, 15) is 18.0 Å². The van der Waals surface area contributed by atoms with Gasteiger partial charge >= 0.3 is 6.18 Å². The highest BCUT2D eigenvalue weighted by atomic mass is 19.4. The Morgan fingerprint density at radius 3 is 2.55 bits per heavy atom. The molecule has 6 nitrogen and oxygen atoms in total. The number of amides is 1. The average molecular weight is 452 g/mol. The number of nitrogen functional groups attached to an aromatic ring is 1. The summed E-state index contributed by atoms with van der Waals surface area (Å²) < 4.78 is 44.5. The second-order valence-electron chi connectivity index (χ2n) is 7.39. The van der Waals surface area contributed by atoms with Crippen molar-refractivity contribution in [3.05, 3.63) is 77.6 Å². The van der Waals surface area contributed by atoms with E-state index in [4.69, 9.17) is 10.5 Å². The van der Waals surface area contributed by atoms with Crippen LogP contribution in [0.25, 0.3) is 22.0 Å². The van der Waals surface area contributed by atoms with E-state index in [0.29, 0.717) is 16.7 Å². The number of aromatic nitrogens is 2. The molecular formula is C24H19F3N4O2. The van der Waals surface area contributed by atoms with Crippen LogP contribution in [0.4, 0.5) is 24.7 Å². The molecule has 3 aromatic carbocycles. The molecule has 0 unspecified atom stereocenters. The van der Waals surface area contributed by atoms with Gasteiger partial charge in [-0.1, -0.05) is 12.1 Å². The summed E-state index contributed by atoms with van der Waals surface area (Å²) in [7, 11) is 1.32. The lowest BCUT2D eigenvalue weighted by Crippen LogP contribution is -2.14. The first-order valence-corrected chi connectivity index (χ1v) is 9.85. The van der Waals surface area contributed by atoms with Crippen LogP contribution in [0.5, 0.6) is 5.75 Å². The Bertz CT molecular complexity index is 1370.